The summed E-state index contributed by atoms with van der Waals surface area (Å²) in [7, 11) is 0. The van der Waals surface area contributed by atoms with Crippen LogP contribution in [0.5, 0.6) is 0 Å². The van der Waals surface area contributed by atoms with Gasteiger partial charge in [-0.1, -0.05) is 97.1 Å². The molecule has 11 aromatic rings. The van der Waals surface area contributed by atoms with E-state index >= 15 is 0 Å². The first-order valence-corrected chi connectivity index (χ1v) is 16.2. The van der Waals surface area contributed by atoms with Crippen molar-refractivity contribution in [1.82, 2.24) is 15.0 Å². The summed E-state index contributed by atoms with van der Waals surface area (Å²) in [6.45, 7) is 0. The number of aromatic nitrogens is 3. The highest BCUT2D eigenvalue weighted by molar-refractivity contribution is 6.19. The van der Waals surface area contributed by atoms with Crippen molar-refractivity contribution in [3.8, 4) is 34.2 Å². The molecule has 0 N–H and O–H groups in total. The number of hydrogen-bond acceptors (Lipinski definition) is 6. The normalized spacial score (nSPS) is 12.1. The van der Waals surface area contributed by atoms with E-state index in [9.17, 15) is 0 Å². The van der Waals surface area contributed by atoms with Crippen LogP contribution in [0.15, 0.2) is 153 Å². The van der Waals surface area contributed by atoms with Crippen LogP contribution in [-0.2, 0) is 0 Å². The standard InChI is InChI=1S/C43H23N3O3/c1-4-14-32-26(9-1)38-29(12-7-17-35(38)47-32)42-44-41(45-43(46-42)30-13-8-18-36-39(30)27-10-2-5-15-33(27)48-36)25-20-19-24-21-22-37-40(31(24)23-25)28-11-3-6-16-34(28)49-37/h1-23H. The van der Waals surface area contributed by atoms with Crippen molar-refractivity contribution in [3.63, 3.8) is 0 Å². The Bertz CT molecular complexity index is 3000. The maximum atomic E-state index is 6.26. The zero-order valence-corrected chi connectivity index (χ0v) is 25.8. The molecule has 4 aromatic heterocycles. The lowest BCUT2D eigenvalue weighted by atomic mass is 10.0. The molecule has 0 aliphatic rings. The highest BCUT2D eigenvalue weighted by atomic mass is 16.3. The van der Waals surface area contributed by atoms with Crippen LogP contribution >= 0.6 is 0 Å². The number of hydrogen-bond donors (Lipinski definition) is 0. The first-order chi connectivity index (χ1) is 24.3. The van der Waals surface area contributed by atoms with Gasteiger partial charge < -0.3 is 13.3 Å². The second-order valence-electron chi connectivity index (χ2n) is 12.3. The molecule has 0 unspecified atom stereocenters. The van der Waals surface area contributed by atoms with Gasteiger partial charge in [0.15, 0.2) is 17.5 Å². The largest absolute Gasteiger partial charge is 0.456 e. The summed E-state index contributed by atoms with van der Waals surface area (Å²) in [6, 6.07) is 46.9. The predicted molar refractivity (Wildman–Crippen MR) is 195 cm³/mol. The number of para-hydroxylation sites is 3. The highest BCUT2D eigenvalue weighted by Gasteiger charge is 2.21. The number of fused-ring (bicyclic) bond motifs is 11. The zero-order valence-electron chi connectivity index (χ0n) is 25.8. The van der Waals surface area contributed by atoms with Crippen LogP contribution in [0, 0.1) is 0 Å². The molecule has 11 rings (SSSR count). The molecule has 4 heterocycles. The second kappa shape index (κ2) is 9.86. The molecule has 0 bridgehead atoms. The highest BCUT2D eigenvalue weighted by Crippen LogP contribution is 2.40. The lowest BCUT2D eigenvalue weighted by Crippen LogP contribution is -2.00. The van der Waals surface area contributed by atoms with Crippen molar-refractivity contribution in [2.24, 2.45) is 0 Å². The molecular formula is C43H23N3O3. The molecule has 0 saturated carbocycles. The van der Waals surface area contributed by atoms with Crippen LogP contribution in [0.25, 0.3) is 111 Å². The van der Waals surface area contributed by atoms with E-state index in [0.29, 0.717) is 17.5 Å². The van der Waals surface area contributed by atoms with Crippen molar-refractivity contribution in [1.29, 1.82) is 0 Å². The van der Waals surface area contributed by atoms with E-state index in [1.807, 2.05) is 84.9 Å². The number of nitrogens with zero attached hydrogens (tertiary/aromatic N) is 3. The lowest BCUT2D eigenvalue weighted by Gasteiger charge is -2.11. The summed E-state index contributed by atoms with van der Waals surface area (Å²) in [5, 5.41) is 8.31. The topological polar surface area (TPSA) is 78.1 Å². The zero-order chi connectivity index (χ0) is 32.1. The average molecular weight is 630 g/mol. The van der Waals surface area contributed by atoms with Gasteiger partial charge in [0.2, 0.25) is 0 Å². The molecule has 6 heteroatoms. The molecular weight excluding hydrogens is 606 g/mol. The van der Waals surface area contributed by atoms with Gasteiger partial charge in [0.25, 0.3) is 0 Å². The Kier molecular flexibility index (Phi) is 5.29. The van der Waals surface area contributed by atoms with Crippen LogP contribution in [0.1, 0.15) is 0 Å². The second-order valence-corrected chi connectivity index (χ2v) is 12.3. The molecule has 0 aliphatic heterocycles. The third-order valence-corrected chi connectivity index (χ3v) is 9.54. The van der Waals surface area contributed by atoms with Crippen molar-refractivity contribution in [3.05, 3.63) is 140 Å². The molecule has 228 valence electrons. The monoisotopic (exact) mass is 629 g/mol. The minimum atomic E-state index is 0.564. The Balaban J connectivity index is 1.22. The fourth-order valence-electron chi connectivity index (χ4n) is 7.35. The minimum absolute atomic E-state index is 0.564. The molecule has 0 saturated heterocycles. The van der Waals surface area contributed by atoms with E-state index in [4.69, 9.17) is 28.2 Å². The van der Waals surface area contributed by atoms with Gasteiger partial charge in [-0.2, -0.15) is 0 Å². The predicted octanol–water partition coefficient (Wildman–Crippen LogP) is 11.7. The van der Waals surface area contributed by atoms with Crippen molar-refractivity contribution in [2.75, 3.05) is 0 Å². The summed E-state index contributed by atoms with van der Waals surface area (Å²) in [4.78, 5) is 15.6. The van der Waals surface area contributed by atoms with Crippen molar-refractivity contribution >= 4 is 76.6 Å². The summed E-state index contributed by atoms with van der Waals surface area (Å²) >= 11 is 0. The summed E-state index contributed by atoms with van der Waals surface area (Å²) in [5.41, 5.74) is 7.54. The quantitative estimate of drug-likeness (QED) is 0.193. The molecule has 0 fully saturated rings. The van der Waals surface area contributed by atoms with Crippen LogP contribution in [0.3, 0.4) is 0 Å². The van der Waals surface area contributed by atoms with Gasteiger partial charge >= 0.3 is 0 Å². The van der Waals surface area contributed by atoms with E-state index in [1.54, 1.807) is 0 Å². The van der Waals surface area contributed by atoms with Crippen LogP contribution < -0.4 is 0 Å². The van der Waals surface area contributed by atoms with Gasteiger partial charge in [0, 0.05) is 49.0 Å². The fraction of sp³-hybridized carbons (Fsp3) is 0. The molecule has 0 amide bonds. The maximum Gasteiger partial charge on any atom is 0.164 e. The molecule has 7 aromatic carbocycles. The maximum absolute atomic E-state index is 6.26. The van der Waals surface area contributed by atoms with Gasteiger partial charge in [-0.15, -0.1) is 0 Å². The SMILES string of the molecule is c1ccc2c(c1)oc1cccc(-c3nc(-c4ccc5ccc6oc7ccccc7c6c5c4)nc(-c4cccc5oc6ccccc6c45)n3)c12. The Morgan fingerprint density at radius 2 is 0.776 bits per heavy atom. The third kappa shape index (κ3) is 3.85. The van der Waals surface area contributed by atoms with E-state index < -0.39 is 0 Å². The smallest absolute Gasteiger partial charge is 0.164 e. The first-order valence-electron chi connectivity index (χ1n) is 16.2. The third-order valence-electron chi connectivity index (χ3n) is 9.54. The fourth-order valence-corrected chi connectivity index (χ4v) is 7.35. The van der Waals surface area contributed by atoms with Gasteiger partial charge in [-0.05, 0) is 53.2 Å². The van der Waals surface area contributed by atoms with Gasteiger partial charge in [0.05, 0.1) is 0 Å². The summed E-state index contributed by atoms with van der Waals surface area (Å²) in [6.07, 6.45) is 0. The van der Waals surface area contributed by atoms with E-state index in [2.05, 4.69) is 54.6 Å². The minimum Gasteiger partial charge on any atom is -0.456 e. The van der Waals surface area contributed by atoms with Crippen molar-refractivity contribution < 1.29 is 13.3 Å². The van der Waals surface area contributed by atoms with Gasteiger partial charge in [0.1, 0.15) is 33.5 Å². The summed E-state index contributed by atoms with van der Waals surface area (Å²) in [5.74, 6) is 1.70. The van der Waals surface area contributed by atoms with Crippen molar-refractivity contribution in [2.45, 2.75) is 0 Å². The van der Waals surface area contributed by atoms with Crippen LogP contribution in [-0.4, -0.2) is 15.0 Å². The van der Waals surface area contributed by atoms with E-state index in [1.165, 1.54) is 0 Å². The van der Waals surface area contributed by atoms with Crippen LogP contribution in [0.2, 0.25) is 0 Å². The Hall–Kier alpha value is -6.79. The number of furan rings is 3. The van der Waals surface area contributed by atoms with E-state index in [-0.39, 0.29) is 0 Å². The first kappa shape index (κ1) is 26.3. The molecule has 0 atom stereocenters. The Morgan fingerprint density at radius 1 is 0.327 bits per heavy atom. The number of rotatable bonds is 3. The molecule has 0 radical (unpaired) electrons. The Morgan fingerprint density at radius 3 is 1.35 bits per heavy atom. The lowest BCUT2D eigenvalue weighted by molar-refractivity contribution is 0.668. The Labute approximate surface area is 277 Å². The van der Waals surface area contributed by atoms with Crippen LogP contribution in [0.4, 0.5) is 0 Å². The molecule has 0 spiro atoms. The molecule has 6 nitrogen and oxygen atoms in total. The molecule has 0 aliphatic carbocycles. The van der Waals surface area contributed by atoms with Gasteiger partial charge in [-0.25, -0.2) is 15.0 Å². The summed E-state index contributed by atoms with van der Waals surface area (Å²) < 4.78 is 18.8. The van der Waals surface area contributed by atoms with E-state index in [0.717, 1.165) is 93.3 Å². The van der Waals surface area contributed by atoms with Gasteiger partial charge in [-0.3, -0.25) is 0 Å². The molecule has 49 heavy (non-hydrogen) atoms. The average Bonchev–Trinajstić information content (AvgIpc) is 3.85. The number of benzene rings is 7.